The second-order valence-electron chi connectivity index (χ2n) is 9.65. The van der Waals surface area contributed by atoms with Crippen LogP contribution in [0.15, 0.2) is 66.7 Å². The number of amides is 1. The number of hydrogen-bond acceptors (Lipinski definition) is 3. The van der Waals surface area contributed by atoms with E-state index in [1.807, 2.05) is 55.3 Å². The standard InChI is InChI=1S/C29H33N3O/c1-21-18-29(16-17-31(21)3,25-11-6-5-7-12-25)19-27(33)32(4)22(2)28-24(20-30)15-14-23-10-8-9-13-26(23)28/h5-15,21-22H,16-19H2,1-4H3. The molecule has 1 aliphatic rings. The van der Waals surface area contributed by atoms with Gasteiger partial charge in [-0.25, -0.2) is 0 Å². The van der Waals surface area contributed by atoms with Crippen LogP contribution < -0.4 is 0 Å². The Bertz CT molecular complexity index is 1180. The first-order valence-electron chi connectivity index (χ1n) is 11.8. The fraction of sp³-hybridized carbons (Fsp3) is 0.379. The van der Waals surface area contributed by atoms with Gasteiger partial charge in [0, 0.05) is 24.9 Å². The third-order valence-electron chi connectivity index (χ3n) is 7.74. The predicted molar refractivity (Wildman–Crippen MR) is 134 cm³/mol. The Morgan fingerprint density at radius 1 is 1.15 bits per heavy atom. The van der Waals surface area contributed by atoms with Crippen LogP contribution in [0, 0.1) is 11.3 Å². The van der Waals surface area contributed by atoms with E-state index in [0.29, 0.717) is 18.0 Å². The smallest absolute Gasteiger partial charge is 0.223 e. The minimum atomic E-state index is -0.199. The van der Waals surface area contributed by atoms with Crippen LogP contribution in [0.2, 0.25) is 0 Å². The first-order chi connectivity index (χ1) is 15.9. The fourth-order valence-corrected chi connectivity index (χ4v) is 5.42. The quantitative estimate of drug-likeness (QED) is 0.514. The Morgan fingerprint density at radius 2 is 1.85 bits per heavy atom. The van der Waals surface area contributed by atoms with Gasteiger partial charge < -0.3 is 9.80 Å². The maximum atomic E-state index is 13.8. The van der Waals surface area contributed by atoms with E-state index in [-0.39, 0.29) is 17.4 Å². The summed E-state index contributed by atoms with van der Waals surface area (Å²) in [6.07, 6.45) is 2.39. The first-order valence-corrected chi connectivity index (χ1v) is 11.8. The molecule has 0 bridgehead atoms. The minimum Gasteiger partial charge on any atom is -0.339 e. The highest BCUT2D eigenvalue weighted by Crippen LogP contribution is 2.42. The van der Waals surface area contributed by atoms with Crippen molar-refractivity contribution < 1.29 is 4.79 Å². The van der Waals surface area contributed by atoms with Gasteiger partial charge in [0.2, 0.25) is 5.91 Å². The van der Waals surface area contributed by atoms with E-state index in [1.165, 1.54) is 5.56 Å². The Hall–Kier alpha value is -3.16. The van der Waals surface area contributed by atoms with E-state index in [0.717, 1.165) is 35.7 Å². The zero-order valence-corrected chi connectivity index (χ0v) is 20.1. The van der Waals surface area contributed by atoms with Crippen molar-refractivity contribution >= 4 is 16.7 Å². The molecule has 0 aliphatic carbocycles. The Labute approximate surface area is 197 Å². The van der Waals surface area contributed by atoms with Crippen molar-refractivity contribution in [2.24, 2.45) is 0 Å². The molecule has 1 aliphatic heterocycles. The molecule has 1 heterocycles. The molecule has 0 saturated carbocycles. The molecule has 0 spiro atoms. The van der Waals surface area contributed by atoms with Crippen molar-refractivity contribution in [3.05, 3.63) is 83.4 Å². The highest BCUT2D eigenvalue weighted by Gasteiger charge is 2.41. The number of piperidine rings is 1. The molecule has 4 rings (SSSR count). The van der Waals surface area contributed by atoms with Gasteiger partial charge in [-0.1, -0.05) is 60.7 Å². The van der Waals surface area contributed by atoms with Crippen molar-refractivity contribution in [1.82, 2.24) is 9.80 Å². The van der Waals surface area contributed by atoms with Gasteiger partial charge in [0.25, 0.3) is 0 Å². The lowest BCUT2D eigenvalue weighted by Gasteiger charge is -2.45. The van der Waals surface area contributed by atoms with Crippen molar-refractivity contribution in [2.75, 3.05) is 20.6 Å². The van der Waals surface area contributed by atoms with Crippen LogP contribution in [0.4, 0.5) is 0 Å². The van der Waals surface area contributed by atoms with Gasteiger partial charge in [-0.3, -0.25) is 4.79 Å². The number of likely N-dealkylation sites (tertiary alicyclic amines) is 1. The zero-order chi connectivity index (χ0) is 23.6. The van der Waals surface area contributed by atoms with E-state index in [9.17, 15) is 10.1 Å². The maximum Gasteiger partial charge on any atom is 0.223 e. The lowest BCUT2D eigenvalue weighted by atomic mass is 9.68. The largest absolute Gasteiger partial charge is 0.339 e. The molecule has 3 unspecified atom stereocenters. The summed E-state index contributed by atoms with van der Waals surface area (Å²) < 4.78 is 0. The van der Waals surface area contributed by atoms with Gasteiger partial charge in [0.1, 0.15) is 0 Å². The Balaban J connectivity index is 1.67. The number of hydrogen-bond donors (Lipinski definition) is 0. The molecule has 4 nitrogen and oxygen atoms in total. The minimum absolute atomic E-state index is 0.125. The van der Waals surface area contributed by atoms with E-state index in [2.05, 4.69) is 55.3 Å². The van der Waals surface area contributed by atoms with Gasteiger partial charge in [0.15, 0.2) is 0 Å². The van der Waals surface area contributed by atoms with Crippen molar-refractivity contribution in [2.45, 2.75) is 50.6 Å². The van der Waals surface area contributed by atoms with E-state index >= 15 is 0 Å². The van der Waals surface area contributed by atoms with Crippen LogP contribution in [0.25, 0.3) is 10.8 Å². The Kier molecular flexibility index (Phi) is 6.54. The fourth-order valence-electron chi connectivity index (χ4n) is 5.42. The lowest BCUT2D eigenvalue weighted by molar-refractivity contribution is -0.133. The second-order valence-corrected chi connectivity index (χ2v) is 9.65. The van der Waals surface area contributed by atoms with Crippen molar-refractivity contribution in [3.8, 4) is 6.07 Å². The molecule has 3 aromatic rings. The molecule has 0 radical (unpaired) electrons. The highest BCUT2D eigenvalue weighted by atomic mass is 16.2. The molecule has 1 amide bonds. The van der Waals surface area contributed by atoms with Crippen LogP contribution in [0.3, 0.4) is 0 Å². The summed E-state index contributed by atoms with van der Waals surface area (Å²) in [4.78, 5) is 18.0. The summed E-state index contributed by atoms with van der Waals surface area (Å²) in [5.74, 6) is 0.125. The van der Waals surface area contributed by atoms with Crippen LogP contribution in [0.5, 0.6) is 0 Å². The normalized spacial score (nSPS) is 22.0. The zero-order valence-electron chi connectivity index (χ0n) is 20.1. The molecule has 0 N–H and O–H groups in total. The highest BCUT2D eigenvalue weighted by molar-refractivity contribution is 5.89. The van der Waals surface area contributed by atoms with E-state index < -0.39 is 0 Å². The SMILES string of the molecule is CC1CC(CC(=O)N(C)C(C)c2c(C#N)ccc3ccccc23)(c2ccccc2)CCN1C. The van der Waals surface area contributed by atoms with E-state index in [1.54, 1.807) is 0 Å². The van der Waals surface area contributed by atoms with Gasteiger partial charge >= 0.3 is 0 Å². The maximum absolute atomic E-state index is 13.8. The second kappa shape index (κ2) is 9.37. The van der Waals surface area contributed by atoms with Crippen molar-refractivity contribution in [3.63, 3.8) is 0 Å². The third-order valence-corrected chi connectivity index (χ3v) is 7.74. The van der Waals surface area contributed by atoms with Crippen LogP contribution in [0.1, 0.15) is 55.8 Å². The average molecular weight is 440 g/mol. The average Bonchev–Trinajstić information content (AvgIpc) is 2.85. The van der Waals surface area contributed by atoms with Gasteiger partial charge in [-0.2, -0.15) is 5.26 Å². The molecule has 3 atom stereocenters. The molecular weight excluding hydrogens is 406 g/mol. The predicted octanol–water partition coefficient (Wildman–Crippen LogP) is 5.67. The van der Waals surface area contributed by atoms with Gasteiger partial charge in [-0.05, 0) is 68.2 Å². The number of fused-ring (bicyclic) bond motifs is 1. The summed E-state index contributed by atoms with van der Waals surface area (Å²) >= 11 is 0. The Morgan fingerprint density at radius 3 is 2.55 bits per heavy atom. The van der Waals surface area contributed by atoms with E-state index in [4.69, 9.17) is 0 Å². The molecule has 1 saturated heterocycles. The summed E-state index contributed by atoms with van der Waals surface area (Å²) in [5, 5.41) is 11.9. The molecular formula is C29H33N3O. The van der Waals surface area contributed by atoms with Gasteiger partial charge in [0.05, 0.1) is 17.7 Å². The van der Waals surface area contributed by atoms with Crippen molar-refractivity contribution in [1.29, 1.82) is 5.26 Å². The number of rotatable bonds is 5. The number of benzene rings is 3. The number of carbonyl (C=O) groups is 1. The number of carbonyl (C=O) groups excluding carboxylic acids is 1. The topological polar surface area (TPSA) is 47.3 Å². The molecule has 1 fully saturated rings. The molecule has 4 heteroatoms. The number of nitriles is 1. The molecule has 0 aromatic heterocycles. The monoisotopic (exact) mass is 439 g/mol. The summed E-state index contributed by atoms with van der Waals surface area (Å²) in [6, 6.07) is 25.0. The number of nitrogens with zero attached hydrogens (tertiary/aromatic N) is 3. The summed E-state index contributed by atoms with van der Waals surface area (Å²) in [7, 11) is 4.05. The molecule has 170 valence electrons. The third kappa shape index (κ3) is 4.38. The van der Waals surface area contributed by atoms with Crippen LogP contribution in [-0.4, -0.2) is 42.4 Å². The first kappa shape index (κ1) is 23.0. The van der Waals surface area contributed by atoms with Crippen LogP contribution in [-0.2, 0) is 10.2 Å². The summed E-state index contributed by atoms with van der Waals surface area (Å²) in [6.45, 7) is 5.26. The molecule has 33 heavy (non-hydrogen) atoms. The van der Waals surface area contributed by atoms with Gasteiger partial charge in [-0.15, -0.1) is 0 Å². The van der Waals surface area contributed by atoms with Crippen LogP contribution >= 0.6 is 0 Å². The lowest BCUT2D eigenvalue weighted by Crippen LogP contribution is -2.48. The molecule has 3 aromatic carbocycles. The summed E-state index contributed by atoms with van der Waals surface area (Å²) in [5.41, 5.74) is 2.64.